The molecule has 1 aliphatic rings. The van der Waals surface area contributed by atoms with Crippen molar-refractivity contribution in [3.63, 3.8) is 0 Å². The lowest BCUT2D eigenvalue weighted by molar-refractivity contribution is -0.0103. The molecular weight excluding hydrogens is 252 g/mol. The molecule has 0 bridgehead atoms. The lowest BCUT2D eigenvalue weighted by Gasteiger charge is -2.39. The fourth-order valence-electron chi connectivity index (χ4n) is 2.17. The molecule has 2 atom stereocenters. The molecule has 1 fully saturated rings. The van der Waals surface area contributed by atoms with E-state index in [0.29, 0.717) is 24.7 Å². The number of halogens is 1. The van der Waals surface area contributed by atoms with Gasteiger partial charge in [0.05, 0.1) is 19.3 Å². The number of rotatable bonds is 3. The van der Waals surface area contributed by atoms with Gasteiger partial charge in [0.1, 0.15) is 0 Å². The maximum absolute atomic E-state index is 9.18. The van der Waals surface area contributed by atoms with Crippen LogP contribution in [0.15, 0.2) is 18.2 Å². The first-order chi connectivity index (χ1) is 8.65. The van der Waals surface area contributed by atoms with Crippen LogP contribution in [-0.4, -0.2) is 37.0 Å². The zero-order valence-electron chi connectivity index (χ0n) is 10.5. The summed E-state index contributed by atoms with van der Waals surface area (Å²) < 4.78 is 5.52. The minimum absolute atomic E-state index is 0.0395. The first-order valence-corrected chi connectivity index (χ1v) is 6.51. The van der Waals surface area contributed by atoms with E-state index in [2.05, 4.69) is 11.8 Å². The van der Waals surface area contributed by atoms with Crippen molar-refractivity contribution in [2.75, 3.05) is 24.7 Å². The molecule has 2 rings (SSSR count). The molecule has 5 heteroatoms. The van der Waals surface area contributed by atoms with Crippen molar-refractivity contribution in [3.8, 4) is 0 Å². The second kappa shape index (κ2) is 5.89. The van der Waals surface area contributed by atoms with Crippen LogP contribution >= 0.6 is 11.6 Å². The highest BCUT2D eigenvalue weighted by molar-refractivity contribution is 6.31. The fourth-order valence-corrected chi connectivity index (χ4v) is 2.42. The Morgan fingerprint density at radius 1 is 1.56 bits per heavy atom. The van der Waals surface area contributed by atoms with Gasteiger partial charge in [0.15, 0.2) is 0 Å². The van der Waals surface area contributed by atoms with Gasteiger partial charge in [0, 0.05) is 29.8 Å². The summed E-state index contributed by atoms with van der Waals surface area (Å²) in [6.45, 7) is 3.87. The third kappa shape index (κ3) is 2.78. The van der Waals surface area contributed by atoms with Crippen molar-refractivity contribution in [3.05, 3.63) is 28.8 Å². The molecule has 0 aliphatic carbocycles. The second-order valence-corrected chi connectivity index (χ2v) is 5.03. The van der Waals surface area contributed by atoms with Crippen LogP contribution in [0.4, 0.5) is 5.69 Å². The van der Waals surface area contributed by atoms with E-state index in [0.717, 1.165) is 11.3 Å². The standard InChI is InChI=1S/C13H19ClN2O2/c1-9-8-18-12(7-17)6-16(9)11-3-2-10(5-15)13(14)4-11/h2-4,9,12,17H,5-8,15H2,1H3. The molecule has 18 heavy (non-hydrogen) atoms. The molecule has 0 spiro atoms. The predicted octanol–water partition coefficient (Wildman–Crippen LogP) is 1.38. The lowest BCUT2D eigenvalue weighted by atomic mass is 10.1. The monoisotopic (exact) mass is 270 g/mol. The Morgan fingerprint density at radius 2 is 2.33 bits per heavy atom. The number of hydrogen-bond acceptors (Lipinski definition) is 4. The third-order valence-electron chi connectivity index (χ3n) is 3.30. The van der Waals surface area contributed by atoms with Crippen molar-refractivity contribution in [2.24, 2.45) is 5.73 Å². The van der Waals surface area contributed by atoms with Crippen molar-refractivity contribution in [2.45, 2.75) is 25.6 Å². The Kier molecular flexibility index (Phi) is 4.45. The first kappa shape index (κ1) is 13.6. The Labute approximate surface area is 112 Å². The molecule has 0 radical (unpaired) electrons. The summed E-state index contributed by atoms with van der Waals surface area (Å²) in [6, 6.07) is 6.17. The van der Waals surface area contributed by atoms with E-state index < -0.39 is 0 Å². The van der Waals surface area contributed by atoms with Crippen LogP contribution < -0.4 is 10.6 Å². The smallest absolute Gasteiger partial charge is 0.0981 e. The average molecular weight is 271 g/mol. The molecule has 1 saturated heterocycles. The number of benzene rings is 1. The van der Waals surface area contributed by atoms with E-state index in [4.69, 9.17) is 22.1 Å². The van der Waals surface area contributed by atoms with Gasteiger partial charge in [-0.2, -0.15) is 0 Å². The first-order valence-electron chi connectivity index (χ1n) is 6.13. The summed E-state index contributed by atoms with van der Waals surface area (Å²) in [7, 11) is 0. The van der Waals surface area contributed by atoms with Gasteiger partial charge in [-0.15, -0.1) is 0 Å². The van der Waals surface area contributed by atoms with Gasteiger partial charge in [0.2, 0.25) is 0 Å². The largest absolute Gasteiger partial charge is 0.394 e. The van der Waals surface area contributed by atoms with Gasteiger partial charge >= 0.3 is 0 Å². The lowest BCUT2D eigenvalue weighted by Crippen LogP contribution is -2.49. The van der Waals surface area contributed by atoms with Crippen molar-refractivity contribution < 1.29 is 9.84 Å². The summed E-state index contributed by atoms with van der Waals surface area (Å²) in [4.78, 5) is 2.20. The number of anilines is 1. The molecule has 1 aromatic rings. The average Bonchev–Trinajstić information content (AvgIpc) is 2.39. The van der Waals surface area contributed by atoms with E-state index in [9.17, 15) is 5.11 Å². The van der Waals surface area contributed by atoms with Gasteiger partial charge in [-0.3, -0.25) is 0 Å². The predicted molar refractivity (Wildman–Crippen MR) is 73.0 cm³/mol. The van der Waals surface area contributed by atoms with Crippen molar-refractivity contribution in [1.82, 2.24) is 0 Å². The van der Waals surface area contributed by atoms with Crippen LogP contribution in [0.3, 0.4) is 0 Å². The SMILES string of the molecule is CC1COC(CO)CN1c1ccc(CN)c(Cl)c1. The molecule has 1 aliphatic heterocycles. The molecule has 4 nitrogen and oxygen atoms in total. The molecular formula is C13H19ClN2O2. The number of morpholine rings is 1. The van der Waals surface area contributed by atoms with Crippen LogP contribution in [0, 0.1) is 0 Å². The number of aliphatic hydroxyl groups is 1. The van der Waals surface area contributed by atoms with Gasteiger partial charge < -0.3 is 20.5 Å². The minimum atomic E-state index is -0.130. The molecule has 1 aromatic carbocycles. The minimum Gasteiger partial charge on any atom is -0.394 e. The molecule has 0 amide bonds. The molecule has 1 heterocycles. The van der Waals surface area contributed by atoms with Gasteiger partial charge in [-0.25, -0.2) is 0 Å². The van der Waals surface area contributed by atoms with Crippen LogP contribution in [0.5, 0.6) is 0 Å². The second-order valence-electron chi connectivity index (χ2n) is 4.62. The topological polar surface area (TPSA) is 58.7 Å². The van der Waals surface area contributed by atoms with E-state index in [1.54, 1.807) is 0 Å². The number of nitrogens with zero attached hydrogens (tertiary/aromatic N) is 1. The van der Waals surface area contributed by atoms with Gasteiger partial charge in [-0.05, 0) is 24.6 Å². The number of nitrogens with two attached hydrogens (primary N) is 1. The summed E-state index contributed by atoms with van der Waals surface area (Å²) in [5, 5.41) is 9.87. The Bertz CT molecular complexity index is 414. The van der Waals surface area contributed by atoms with Crippen LogP contribution in [0.2, 0.25) is 5.02 Å². The zero-order chi connectivity index (χ0) is 13.1. The van der Waals surface area contributed by atoms with Gasteiger partial charge in [0.25, 0.3) is 0 Å². The van der Waals surface area contributed by atoms with E-state index >= 15 is 0 Å². The summed E-state index contributed by atoms with van der Waals surface area (Å²) in [5.74, 6) is 0. The summed E-state index contributed by atoms with van der Waals surface area (Å²) in [5.41, 5.74) is 7.59. The summed E-state index contributed by atoms with van der Waals surface area (Å²) in [6.07, 6.45) is -0.130. The Balaban J connectivity index is 2.21. The molecule has 0 aromatic heterocycles. The highest BCUT2D eigenvalue weighted by Gasteiger charge is 2.26. The number of aliphatic hydroxyl groups excluding tert-OH is 1. The third-order valence-corrected chi connectivity index (χ3v) is 3.65. The van der Waals surface area contributed by atoms with E-state index in [1.165, 1.54) is 0 Å². The number of ether oxygens (including phenoxy) is 1. The Hall–Kier alpha value is -0.810. The summed E-state index contributed by atoms with van der Waals surface area (Å²) >= 11 is 6.18. The van der Waals surface area contributed by atoms with E-state index in [1.807, 2.05) is 18.2 Å². The maximum Gasteiger partial charge on any atom is 0.0981 e. The van der Waals surface area contributed by atoms with Crippen LogP contribution in [0.25, 0.3) is 0 Å². The molecule has 3 N–H and O–H groups in total. The quantitative estimate of drug-likeness (QED) is 0.871. The number of hydrogen-bond donors (Lipinski definition) is 2. The molecule has 100 valence electrons. The maximum atomic E-state index is 9.18. The zero-order valence-corrected chi connectivity index (χ0v) is 11.2. The van der Waals surface area contributed by atoms with Crippen molar-refractivity contribution >= 4 is 17.3 Å². The molecule has 0 saturated carbocycles. The van der Waals surface area contributed by atoms with Gasteiger partial charge in [-0.1, -0.05) is 17.7 Å². The Morgan fingerprint density at radius 3 is 2.94 bits per heavy atom. The van der Waals surface area contributed by atoms with Crippen molar-refractivity contribution in [1.29, 1.82) is 0 Å². The van der Waals surface area contributed by atoms with Crippen LogP contribution in [0.1, 0.15) is 12.5 Å². The highest BCUT2D eigenvalue weighted by Crippen LogP contribution is 2.27. The highest BCUT2D eigenvalue weighted by atomic mass is 35.5. The fraction of sp³-hybridized carbons (Fsp3) is 0.538. The van der Waals surface area contributed by atoms with E-state index in [-0.39, 0.29) is 18.8 Å². The van der Waals surface area contributed by atoms with Crippen LogP contribution in [-0.2, 0) is 11.3 Å². The normalized spacial score (nSPS) is 24.3. The molecule has 2 unspecified atom stereocenters.